The van der Waals surface area contributed by atoms with Gasteiger partial charge >= 0.3 is 0 Å². The minimum atomic E-state index is -0.116. The summed E-state index contributed by atoms with van der Waals surface area (Å²) >= 11 is 0. The molecule has 0 radical (unpaired) electrons. The lowest BCUT2D eigenvalue weighted by Crippen LogP contribution is -2.06. The zero-order valence-corrected chi connectivity index (χ0v) is 10.2. The Bertz CT molecular complexity index is 813. The maximum atomic E-state index is 11.8. The molecule has 2 aromatic heterocycles. The smallest absolute Gasteiger partial charge is 0.258 e. The molecule has 4 rings (SSSR count). The lowest BCUT2D eigenvalue weighted by atomic mass is 10.2. The highest BCUT2D eigenvalue weighted by atomic mass is 16.1. The molecule has 1 aliphatic rings. The fraction of sp³-hybridized carbons (Fsp3) is 0.214. The van der Waals surface area contributed by atoms with Crippen molar-refractivity contribution in [3.63, 3.8) is 0 Å². The van der Waals surface area contributed by atoms with E-state index in [-0.39, 0.29) is 5.56 Å². The highest BCUT2D eigenvalue weighted by Gasteiger charge is 2.25. The molecule has 0 atom stereocenters. The van der Waals surface area contributed by atoms with Gasteiger partial charge < -0.3 is 9.55 Å². The van der Waals surface area contributed by atoms with Crippen LogP contribution in [0.5, 0.6) is 0 Å². The van der Waals surface area contributed by atoms with Crippen molar-refractivity contribution in [2.75, 3.05) is 0 Å². The van der Waals surface area contributed by atoms with Gasteiger partial charge in [0, 0.05) is 17.8 Å². The number of fused-ring (bicyclic) bond motifs is 1. The van der Waals surface area contributed by atoms with Gasteiger partial charge in [-0.2, -0.15) is 0 Å². The molecule has 0 spiro atoms. The monoisotopic (exact) mass is 252 g/mol. The lowest BCUT2D eigenvalue weighted by molar-refractivity contribution is 1.05. The van der Waals surface area contributed by atoms with E-state index in [0.717, 1.165) is 11.4 Å². The van der Waals surface area contributed by atoms with Crippen LogP contribution in [0.25, 0.3) is 16.6 Å². The number of nitrogens with one attached hydrogen (secondary N) is 1. The van der Waals surface area contributed by atoms with E-state index < -0.39 is 0 Å². The van der Waals surface area contributed by atoms with Gasteiger partial charge in [-0.25, -0.2) is 9.97 Å². The number of aromatic amines is 1. The average Bonchev–Trinajstić information content (AvgIpc) is 3.17. The molecule has 5 nitrogen and oxygen atoms in total. The molecule has 1 N–H and O–H groups in total. The van der Waals surface area contributed by atoms with Crippen LogP contribution in [0.4, 0.5) is 0 Å². The number of rotatable bonds is 2. The van der Waals surface area contributed by atoms with Crippen molar-refractivity contribution in [2.24, 2.45) is 0 Å². The predicted octanol–water partition coefficient (Wildman–Crippen LogP) is 1.99. The van der Waals surface area contributed by atoms with E-state index in [2.05, 4.69) is 15.0 Å². The first-order chi connectivity index (χ1) is 9.31. The van der Waals surface area contributed by atoms with Crippen molar-refractivity contribution in [1.82, 2.24) is 19.5 Å². The van der Waals surface area contributed by atoms with E-state index in [9.17, 15) is 4.79 Å². The van der Waals surface area contributed by atoms with Gasteiger partial charge in [-0.15, -0.1) is 0 Å². The van der Waals surface area contributed by atoms with Crippen molar-refractivity contribution in [3.05, 3.63) is 53.1 Å². The van der Waals surface area contributed by atoms with Crippen LogP contribution in [0.3, 0.4) is 0 Å². The summed E-state index contributed by atoms with van der Waals surface area (Å²) in [5.74, 6) is 0.631. The molecule has 2 heterocycles. The van der Waals surface area contributed by atoms with E-state index in [1.165, 1.54) is 19.2 Å². The van der Waals surface area contributed by atoms with Crippen molar-refractivity contribution in [3.8, 4) is 5.69 Å². The lowest BCUT2D eigenvalue weighted by Gasteiger charge is -2.03. The molecule has 1 fully saturated rings. The molecule has 19 heavy (non-hydrogen) atoms. The van der Waals surface area contributed by atoms with Crippen molar-refractivity contribution >= 4 is 10.9 Å². The standard InChI is InChI=1S/C14H12N4O/c19-14-11-5-10(3-4-12(11)15-7-16-14)18-6-13(17-8-18)9-1-2-9/h3-9H,1-2H2,(H,15,16,19). The van der Waals surface area contributed by atoms with Crippen LogP contribution in [-0.4, -0.2) is 19.5 Å². The Balaban J connectivity index is 1.85. The minimum absolute atomic E-state index is 0.116. The zero-order chi connectivity index (χ0) is 12.8. The second-order valence-corrected chi connectivity index (χ2v) is 4.91. The number of aromatic nitrogens is 4. The van der Waals surface area contributed by atoms with Gasteiger partial charge in [0.15, 0.2) is 0 Å². The summed E-state index contributed by atoms with van der Waals surface area (Å²) in [5, 5.41) is 0.599. The van der Waals surface area contributed by atoms with Gasteiger partial charge in [-0.1, -0.05) is 0 Å². The number of benzene rings is 1. The van der Waals surface area contributed by atoms with Crippen molar-refractivity contribution in [1.29, 1.82) is 0 Å². The number of hydrogen-bond acceptors (Lipinski definition) is 3. The molecule has 5 heteroatoms. The van der Waals surface area contributed by atoms with E-state index in [1.54, 1.807) is 6.33 Å². The maximum Gasteiger partial charge on any atom is 0.258 e. The normalized spacial score (nSPS) is 14.9. The Morgan fingerprint density at radius 3 is 3.00 bits per heavy atom. The average molecular weight is 252 g/mol. The number of imidazole rings is 1. The van der Waals surface area contributed by atoms with Gasteiger partial charge in [-0.05, 0) is 31.0 Å². The molecule has 1 aliphatic carbocycles. The van der Waals surface area contributed by atoms with E-state index >= 15 is 0 Å². The Morgan fingerprint density at radius 1 is 1.26 bits per heavy atom. The van der Waals surface area contributed by atoms with Gasteiger partial charge in [-0.3, -0.25) is 4.79 Å². The largest absolute Gasteiger partial charge is 0.313 e. The van der Waals surface area contributed by atoms with Crippen molar-refractivity contribution < 1.29 is 0 Å². The summed E-state index contributed by atoms with van der Waals surface area (Å²) < 4.78 is 1.96. The summed E-state index contributed by atoms with van der Waals surface area (Å²) in [7, 11) is 0. The van der Waals surface area contributed by atoms with Crippen molar-refractivity contribution in [2.45, 2.75) is 18.8 Å². The Hall–Kier alpha value is -2.43. The number of H-pyrrole nitrogens is 1. The van der Waals surface area contributed by atoms with Crippen LogP contribution >= 0.6 is 0 Å². The predicted molar refractivity (Wildman–Crippen MR) is 71.5 cm³/mol. The van der Waals surface area contributed by atoms with Crippen LogP contribution < -0.4 is 5.56 Å². The minimum Gasteiger partial charge on any atom is -0.313 e. The van der Waals surface area contributed by atoms with Gasteiger partial charge in [0.1, 0.15) is 0 Å². The summed E-state index contributed by atoms with van der Waals surface area (Å²) in [5.41, 5.74) is 2.66. The van der Waals surface area contributed by atoms with E-state index in [1.807, 2.05) is 29.0 Å². The second kappa shape index (κ2) is 3.78. The Kier molecular flexibility index (Phi) is 2.09. The Labute approximate surface area is 108 Å². The molecule has 0 aliphatic heterocycles. The molecule has 1 saturated carbocycles. The third kappa shape index (κ3) is 1.74. The number of hydrogen-bond donors (Lipinski definition) is 1. The first-order valence-electron chi connectivity index (χ1n) is 6.33. The first-order valence-corrected chi connectivity index (χ1v) is 6.33. The van der Waals surface area contributed by atoms with Gasteiger partial charge in [0.25, 0.3) is 5.56 Å². The fourth-order valence-electron chi connectivity index (χ4n) is 2.29. The van der Waals surface area contributed by atoms with Crippen LogP contribution in [-0.2, 0) is 0 Å². The third-order valence-corrected chi connectivity index (χ3v) is 3.52. The highest BCUT2D eigenvalue weighted by molar-refractivity contribution is 5.79. The van der Waals surface area contributed by atoms with Crippen LogP contribution in [0.1, 0.15) is 24.5 Å². The molecule has 0 unspecified atom stereocenters. The van der Waals surface area contributed by atoms with Crippen LogP contribution in [0, 0.1) is 0 Å². The molecule has 1 aromatic carbocycles. The number of nitrogens with zero attached hydrogens (tertiary/aromatic N) is 3. The maximum absolute atomic E-state index is 11.8. The first kappa shape index (κ1) is 10.5. The molecule has 3 aromatic rings. The highest BCUT2D eigenvalue weighted by Crippen LogP contribution is 2.39. The van der Waals surface area contributed by atoms with Gasteiger partial charge in [0.05, 0.1) is 29.3 Å². The van der Waals surface area contributed by atoms with E-state index in [4.69, 9.17) is 0 Å². The topological polar surface area (TPSA) is 63.6 Å². The summed E-state index contributed by atoms with van der Waals surface area (Å²) in [4.78, 5) is 22.9. The fourth-order valence-corrected chi connectivity index (χ4v) is 2.29. The third-order valence-electron chi connectivity index (χ3n) is 3.52. The summed E-state index contributed by atoms with van der Waals surface area (Å²) in [6.07, 6.45) is 7.74. The van der Waals surface area contributed by atoms with E-state index in [0.29, 0.717) is 16.8 Å². The second-order valence-electron chi connectivity index (χ2n) is 4.91. The summed E-state index contributed by atoms with van der Waals surface area (Å²) in [6.45, 7) is 0. The molecule has 0 amide bonds. The van der Waals surface area contributed by atoms with Gasteiger partial charge in [0.2, 0.25) is 0 Å². The molecule has 0 bridgehead atoms. The molecular formula is C14H12N4O. The molecule has 94 valence electrons. The van der Waals surface area contributed by atoms with Crippen LogP contribution in [0.2, 0.25) is 0 Å². The van der Waals surface area contributed by atoms with Crippen LogP contribution in [0.15, 0.2) is 41.8 Å². The quantitative estimate of drug-likeness (QED) is 0.758. The summed E-state index contributed by atoms with van der Waals surface area (Å²) in [6, 6.07) is 5.66. The molecular weight excluding hydrogens is 240 g/mol. The SMILES string of the molecule is O=c1[nH]cnc2ccc(-n3cnc(C4CC4)c3)cc12. The zero-order valence-electron chi connectivity index (χ0n) is 10.2. The molecule has 0 saturated heterocycles. The Morgan fingerprint density at radius 2 is 2.16 bits per heavy atom.